The number of hydrogen-bond donors (Lipinski definition) is 0. The molecule has 25 heavy (non-hydrogen) atoms. The summed E-state index contributed by atoms with van der Waals surface area (Å²) in [6, 6.07) is 2.10. The van der Waals surface area contributed by atoms with Gasteiger partial charge in [0.2, 0.25) is 5.91 Å². The average molecular weight is 347 g/mol. The fourth-order valence-corrected chi connectivity index (χ4v) is 3.64. The Hall–Kier alpha value is -1.93. The van der Waals surface area contributed by atoms with E-state index in [1.54, 1.807) is 0 Å². The van der Waals surface area contributed by atoms with Gasteiger partial charge >= 0.3 is 0 Å². The summed E-state index contributed by atoms with van der Waals surface area (Å²) in [7, 11) is 0. The number of anilines is 2. The van der Waals surface area contributed by atoms with Gasteiger partial charge < -0.3 is 24.2 Å². The molecule has 0 aromatic carbocycles. The molecule has 0 saturated carbocycles. The fourth-order valence-electron chi connectivity index (χ4n) is 3.64. The summed E-state index contributed by atoms with van der Waals surface area (Å²) in [4.78, 5) is 19.0. The molecule has 0 radical (unpaired) electrons. The standard InChI is InChI=1S/C17H25N5O3/c23-17(14-1-8-25-13-14)22-4-2-20(3-5-22)15-11-16(19-18-12-15)21-6-9-24-10-7-21/h11-12,14H,1-10,13H2. The van der Waals surface area contributed by atoms with Crippen LogP contribution in [0.1, 0.15) is 6.42 Å². The molecule has 0 bridgehead atoms. The van der Waals surface area contributed by atoms with Gasteiger partial charge in [-0.3, -0.25) is 4.79 Å². The molecule has 3 aliphatic rings. The average Bonchev–Trinajstić information content (AvgIpc) is 3.23. The number of hydrogen-bond acceptors (Lipinski definition) is 7. The quantitative estimate of drug-likeness (QED) is 0.762. The number of aromatic nitrogens is 2. The van der Waals surface area contributed by atoms with Gasteiger partial charge in [-0.25, -0.2) is 0 Å². The Balaban J connectivity index is 1.36. The first-order valence-corrected chi connectivity index (χ1v) is 9.08. The maximum Gasteiger partial charge on any atom is 0.228 e. The number of rotatable bonds is 3. The molecule has 8 heteroatoms. The Labute approximate surface area is 147 Å². The number of ether oxygens (including phenoxy) is 2. The SMILES string of the molecule is O=C(C1CCOC1)N1CCN(c2cnnc(N3CCOCC3)c2)CC1. The van der Waals surface area contributed by atoms with E-state index in [4.69, 9.17) is 9.47 Å². The molecule has 1 amide bonds. The van der Waals surface area contributed by atoms with E-state index in [0.717, 1.165) is 70.4 Å². The second-order valence-corrected chi connectivity index (χ2v) is 6.74. The van der Waals surface area contributed by atoms with E-state index in [1.807, 2.05) is 11.1 Å². The molecule has 8 nitrogen and oxygen atoms in total. The normalized spacial score (nSPS) is 24.6. The smallest absolute Gasteiger partial charge is 0.228 e. The van der Waals surface area contributed by atoms with Gasteiger partial charge in [-0.05, 0) is 6.42 Å². The zero-order chi connectivity index (χ0) is 17.1. The highest BCUT2D eigenvalue weighted by atomic mass is 16.5. The van der Waals surface area contributed by atoms with Crippen molar-refractivity contribution in [3.05, 3.63) is 12.3 Å². The van der Waals surface area contributed by atoms with Crippen LogP contribution in [0.15, 0.2) is 12.3 Å². The van der Waals surface area contributed by atoms with Gasteiger partial charge in [-0.1, -0.05) is 0 Å². The minimum Gasteiger partial charge on any atom is -0.381 e. The van der Waals surface area contributed by atoms with Gasteiger partial charge in [0.1, 0.15) is 0 Å². The highest BCUT2D eigenvalue weighted by molar-refractivity contribution is 5.79. The van der Waals surface area contributed by atoms with Crippen molar-refractivity contribution < 1.29 is 14.3 Å². The summed E-state index contributed by atoms with van der Waals surface area (Å²) in [6.45, 7) is 7.62. The molecule has 4 heterocycles. The highest BCUT2D eigenvalue weighted by Gasteiger charge is 2.30. The minimum atomic E-state index is 0.0575. The molecule has 0 aliphatic carbocycles. The maximum atomic E-state index is 12.5. The summed E-state index contributed by atoms with van der Waals surface area (Å²) >= 11 is 0. The van der Waals surface area contributed by atoms with Crippen molar-refractivity contribution in [1.82, 2.24) is 15.1 Å². The minimum absolute atomic E-state index is 0.0575. The van der Waals surface area contributed by atoms with Crippen LogP contribution >= 0.6 is 0 Å². The lowest BCUT2D eigenvalue weighted by Gasteiger charge is -2.37. The summed E-state index contributed by atoms with van der Waals surface area (Å²) in [5.41, 5.74) is 1.08. The molecule has 3 saturated heterocycles. The van der Waals surface area contributed by atoms with Crippen LogP contribution in [0.2, 0.25) is 0 Å². The Morgan fingerprint density at radius 3 is 2.52 bits per heavy atom. The van der Waals surface area contributed by atoms with E-state index in [1.165, 1.54) is 0 Å². The van der Waals surface area contributed by atoms with Crippen LogP contribution in [-0.2, 0) is 14.3 Å². The predicted molar refractivity (Wildman–Crippen MR) is 92.8 cm³/mol. The molecule has 136 valence electrons. The van der Waals surface area contributed by atoms with Crippen molar-refractivity contribution in [3.63, 3.8) is 0 Å². The van der Waals surface area contributed by atoms with Gasteiger partial charge in [0.25, 0.3) is 0 Å². The lowest BCUT2D eigenvalue weighted by atomic mass is 10.1. The topological polar surface area (TPSA) is 71.0 Å². The molecule has 3 fully saturated rings. The van der Waals surface area contributed by atoms with E-state index in [-0.39, 0.29) is 11.8 Å². The zero-order valence-electron chi connectivity index (χ0n) is 14.5. The Bertz CT molecular complexity index is 594. The molecule has 1 unspecified atom stereocenters. The lowest BCUT2D eigenvalue weighted by molar-refractivity contribution is -0.135. The number of piperazine rings is 1. The van der Waals surface area contributed by atoms with Crippen LogP contribution in [-0.4, -0.2) is 86.7 Å². The first kappa shape index (κ1) is 16.5. The van der Waals surface area contributed by atoms with E-state index in [2.05, 4.69) is 26.1 Å². The van der Waals surface area contributed by atoms with Crippen LogP contribution in [0.25, 0.3) is 0 Å². The second-order valence-electron chi connectivity index (χ2n) is 6.74. The number of nitrogens with zero attached hydrogens (tertiary/aromatic N) is 5. The summed E-state index contributed by atoms with van der Waals surface area (Å²) in [5.74, 6) is 1.21. The number of morpholine rings is 1. The predicted octanol–water partition coefficient (Wildman–Crippen LogP) is -0.00170. The number of carbonyl (C=O) groups excluding carboxylic acids is 1. The van der Waals surface area contributed by atoms with Gasteiger partial charge in [-0.2, -0.15) is 5.10 Å². The third kappa shape index (κ3) is 3.69. The van der Waals surface area contributed by atoms with Gasteiger partial charge in [0, 0.05) is 51.9 Å². The molecule has 4 rings (SSSR count). The molecule has 1 atom stereocenters. The molecule has 0 spiro atoms. The van der Waals surface area contributed by atoms with Crippen LogP contribution in [0.5, 0.6) is 0 Å². The largest absolute Gasteiger partial charge is 0.381 e. The van der Waals surface area contributed by atoms with Crippen LogP contribution in [0.3, 0.4) is 0 Å². The van der Waals surface area contributed by atoms with Crippen molar-refractivity contribution in [2.75, 3.05) is 75.5 Å². The molecule has 1 aromatic rings. The summed E-state index contributed by atoms with van der Waals surface area (Å²) in [5, 5.41) is 8.45. The monoisotopic (exact) mass is 347 g/mol. The molecular weight excluding hydrogens is 322 g/mol. The van der Waals surface area contributed by atoms with Crippen molar-refractivity contribution in [3.8, 4) is 0 Å². The van der Waals surface area contributed by atoms with Crippen LogP contribution < -0.4 is 9.80 Å². The van der Waals surface area contributed by atoms with Crippen molar-refractivity contribution in [2.45, 2.75) is 6.42 Å². The molecule has 3 aliphatic heterocycles. The maximum absolute atomic E-state index is 12.5. The van der Waals surface area contributed by atoms with E-state index in [0.29, 0.717) is 13.2 Å². The Kier molecular flexibility index (Phi) is 4.98. The van der Waals surface area contributed by atoms with E-state index in [9.17, 15) is 4.79 Å². The lowest BCUT2D eigenvalue weighted by Crippen LogP contribution is -2.50. The zero-order valence-corrected chi connectivity index (χ0v) is 14.5. The van der Waals surface area contributed by atoms with Crippen molar-refractivity contribution in [2.24, 2.45) is 5.92 Å². The summed E-state index contributed by atoms with van der Waals surface area (Å²) < 4.78 is 10.7. The molecule has 1 aromatic heterocycles. The number of carbonyl (C=O) groups is 1. The highest BCUT2D eigenvalue weighted by Crippen LogP contribution is 2.22. The van der Waals surface area contributed by atoms with Crippen LogP contribution in [0.4, 0.5) is 11.5 Å². The first-order chi connectivity index (χ1) is 12.3. The van der Waals surface area contributed by atoms with Gasteiger partial charge in [0.05, 0.1) is 37.6 Å². The van der Waals surface area contributed by atoms with Crippen molar-refractivity contribution in [1.29, 1.82) is 0 Å². The van der Waals surface area contributed by atoms with Crippen molar-refractivity contribution >= 4 is 17.4 Å². The van der Waals surface area contributed by atoms with Gasteiger partial charge in [0.15, 0.2) is 5.82 Å². The van der Waals surface area contributed by atoms with Gasteiger partial charge in [-0.15, -0.1) is 5.10 Å². The van der Waals surface area contributed by atoms with E-state index >= 15 is 0 Å². The Morgan fingerprint density at radius 2 is 1.80 bits per heavy atom. The van der Waals surface area contributed by atoms with E-state index < -0.39 is 0 Å². The second kappa shape index (κ2) is 7.53. The number of amides is 1. The molecular formula is C17H25N5O3. The summed E-state index contributed by atoms with van der Waals surface area (Å²) in [6.07, 6.45) is 2.67. The third-order valence-electron chi connectivity index (χ3n) is 5.20. The molecule has 0 N–H and O–H groups in total. The Morgan fingerprint density at radius 1 is 1.00 bits per heavy atom. The third-order valence-corrected chi connectivity index (χ3v) is 5.20. The first-order valence-electron chi connectivity index (χ1n) is 9.08. The van der Waals surface area contributed by atoms with Crippen LogP contribution in [0, 0.1) is 5.92 Å². The fraction of sp³-hybridized carbons (Fsp3) is 0.706.